The van der Waals surface area contributed by atoms with Crippen molar-refractivity contribution in [2.24, 2.45) is 0 Å². The number of esters is 2. The molecule has 2 rings (SSSR count). The zero-order chi connectivity index (χ0) is 20.9. The van der Waals surface area contributed by atoms with Crippen molar-refractivity contribution in [1.29, 1.82) is 0 Å². The van der Waals surface area contributed by atoms with E-state index in [1.807, 2.05) is 0 Å². The third-order valence-corrected chi connectivity index (χ3v) is 3.71. The van der Waals surface area contributed by atoms with Gasteiger partial charge in [-0.2, -0.15) is 13.2 Å². The first-order valence-electron chi connectivity index (χ1n) is 7.62. The lowest BCUT2D eigenvalue weighted by Gasteiger charge is -2.14. The number of methoxy groups -OCH3 is 2. The molecule has 28 heavy (non-hydrogen) atoms. The summed E-state index contributed by atoms with van der Waals surface area (Å²) in [6.45, 7) is -0.481. The lowest BCUT2D eigenvalue weighted by molar-refractivity contribution is -0.143. The van der Waals surface area contributed by atoms with Crippen molar-refractivity contribution in [2.45, 2.75) is 6.18 Å². The van der Waals surface area contributed by atoms with E-state index in [1.165, 1.54) is 32.4 Å². The minimum atomic E-state index is -4.54. The number of alkyl halides is 3. The number of ether oxygens (including phenoxy) is 4. The average Bonchev–Trinajstić information content (AvgIpc) is 2.66. The smallest absolute Gasteiger partial charge is 0.416 e. The van der Waals surface area contributed by atoms with Crippen LogP contribution in [-0.2, 0) is 20.4 Å². The van der Waals surface area contributed by atoms with Crippen LogP contribution in [0.3, 0.4) is 0 Å². The van der Waals surface area contributed by atoms with Gasteiger partial charge in [0.2, 0.25) is 0 Å². The highest BCUT2D eigenvalue weighted by atomic mass is 35.5. The molecule has 0 aliphatic carbocycles. The Kier molecular flexibility index (Phi) is 6.74. The lowest BCUT2D eigenvalue weighted by Crippen LogP contribution is -2.14. The molecule has 0 amide bonds. The molecule has 0 spiro atoms. The molecule has 6 nitrogen and oxygen atoms in total. The fraction of sp³-hybridized carbons (Fsp3) is 0.222. The van der Waals surface area contributed by atoms with Gasteiger partial charge in [0.05, 0.1) is 24.8 Å². The van der Waals surface area contributed by atoms with E-state index in [2.05, 4.69) is 9.47 Å². The van der Waals surface area contributed by atoms with Crippen LogP contribution in [-0.4, -0.2) is 32.8 Å². The van der Waals surface area contributed by atoms with Crippen LogP contribution in [0.1, 0.15) is 15.9 Å². The Bertz CT molecular complexity index is 882. The molecule has 0 atom stereocenters. The fourth-order valence-corrected chi connectivity index (χ4v) is 2.27. The number of carbonyl (C=O) groups excluding carboxylic acids is 2. The van der Waals surface area contributed by atoms with Gasteiger partial charge in [-0.25, -0.2) is 9.59 Å². The molecule has 0 saturated heterocycles. The monoisotopic (exact) mass is 418 g/mol. The summed E-state index contributed by atoms with van der Waals surface area (Å²) in [6, 6.07) is 6.56. The van der Waals surface area contributed by atoms with Crippen LogP contribution < -0.4 is 9.47 Å². The molecule has 0 heterocycles. The minimum Gasteiger partial charge on any atom is -0.481 e. The van der Waals surface area contributed by atoms with Crippen molar-refractivity contribution < 1.29 is 41.7 Å². The van der Waals surface area contributed by atoms with Crippen LogP contribution in [0.25, 0.3) is 0 Å². The first kappa shape index (κ1) is 21.4. The molecule has 150 valence electrons. The van der Waals surface area contributed by atoms with Gasteiger partial charge in [-0.3, -0.25) is 0 Å². The maximum atomic E-state index is 12.7. The molecule has 0 fully saturated rings. The zero-order valence-electron chi connectivity index (χ0n) is 14.6. The molecule has 0 bridgehead atoms. The molecule has 0 N–H and O–H groups in total. The summed E-state index contributed by atoms with van der Waals surface area (Å²) in [5, 5.41) is -0.260. The Hall–Kier alpha value is -2.94. The summed E-state index contributed by atoms with van der Waals surface area (Å²) in [5.41, 5.74) is -0.912. The van der Waals surface area contributed by atoms with Crippen molar-refractivity contribution in [3.63, 3.8) is 0 Å². The maximum Gasteiger partial charge on any atom is 0.416 e. The number of halogens is 4. The van der Waals surface area contributed by atoms with Gasteiger partial charge >= 0.3 is 18.1 Å². The van der Waals surface area contributed by atoms with E-state index < -0.39 is 30.3 Å². The summed E-state index contributed by atoms with van der Waals surface area (Å²) >= 11 is 5.86. The molecule has 0 unspecified atom stereocenters. The van der Waals surface area contributed by atoms with E-state index in [9.17, 15) is 22.8 Å². The van der Waals surface area contributed by atoms with Gasteiger partial charge < -0.3 is 18.9 Å². The highest BCUT2D eigenvalue weighted by molar-refractivity contribution is 6.32. The van der Waals surface area contributed by atoms with Gasteiger partial charge in [-0.15, -0.1) is 0 Å². The first-order chi connectivity index (χ1) is 13.2. The highest BCUT2D eigenvalue weighted by Gasteiger charge is 2.31. The predicted octanol–water partition coefficient (Wildman–Crippen LogP) is 4.49. The standard InChI is InChI=1S/C18H14ClF3O6/c1-25-16(23)9-27-15-8-11(4-5-12(15)17(24)26-2)28-14-6-3-10(7-13(14)19)18(20,21)22/h3-8H,9H2,1-2H3. The summed E-state index contributed by atoms with van der Waals surface area (Å²) < 4.78 is 58.0. The fourth-order valence-electron chi connectivity index (χ4n) is 2.05. The molecule has 0 saturated carbocycles. The first-order valence-corrected chi connectivity index (χ1v) is 8.00. The van der Waals surface area contributed by atoms with Crippen LogP contribution in [0.2, 0.25) is 5.02 Å². The number of hydrogen-bond acceptors (Lipinski definition) is 6. The summed E-state index contributed by atoms with van der Waals surface area (Å²) in [7, 11) is 2.33. The number of hydrogen-bond donors (Lipinski definition) is 0. The van der Waals surface area contributed by atoms with Crippen LogP contribution in [0, 0.1) is 0 Å². The molecule has 10 heteroatoms. The van der Waals surface area contributed by atoms with E-state index in [0.29, 0.717) is 0 Å². The van der Waals surface area contributed by atoms with Crippen molar-refractivity contribution in [3.05, 3.63) is 52.5 Å². The molecular weight excluding hydrogens is 405 g/mol. The van der Waals surface area contributed by atoms with Gasteiger partial charge in [-0.1, -0.05) is 11.6 Å². The van der Waals surface area contributed by atoms with Crippen LogP contribution in [0.15, 0.2) is 36.4 Å². The van der Waals surface area contributed by atoms with E-state index in [4.69, 9.17) is 21.1 Å². The Morgan fingerprint density at radius 1 is 1.00 bits per heavy atom. The third kappa shape index (κ3) is 5.29. The van der Waals surface area contributed by atoms with E-state index >= 15 is 0 Å². The van der Waals surface area contributed by atoms with Gasteiger partial charge in [0, 0.05) is 6.07 Å². The molecule has 2 aromatic rings. The van der Waals surface area contributed by atoms with Gasteiger partial charge in [0.25, 0.3) is 0 Å². The van der Waals surface area contributed by atoms with Crippen LogP contribution in [0.4, 0.5) is 13.2 Å². The largest absolute Gasteiger partial charge is 0.481 e. The molecular formula is C18H14ClF3O6. The molecule has 0 radical (unpaired) electrons. The second-order valence-corrected chi connectivity index (χ2v) is 5.67. The Labute approximate surface area is 162 Å². The van der Waals surface area contributed by atoms with E-state index in [0.717, 1.165) is 18.2 Å². The van der Waals surface area contributed by atoms with E-state index in [-0.39, 0.29) is 27.8 Å². The van der Waals surface area contributed by atoms with Crippen molar-refractivity contribution in [1.82, 2.24) is 0 Å². The van der Waals surface area contributed by atoms with Crippen molar-refractivity contribution in [3.8, 4) is 17.2 Å². The maximum absolute atomic E-state index is 12.7. The second-order valence-electron chi connectivity index (χ2n) is 5.26. The van der Waals surface area contributed by atoms with Crippen molar-refractivity contribution >= 4 is 23.5 Å². The second kappa shape index (κ2) is 8.83. The molecule has 0 aliphatic heterocycles. The van der Waals surface area contributed by atoms with Gasteiger partial charge in [-0.05, 0) is 30.3 Å². The lowest BCUT2D eigenvalue weighted by atomic mass is 10.2. The normalized spacial score (nSPS) is 10.9. The third-order valence-electron chi connectivity index (χ3n) is 3.42. The summed E-state index contributed by atoms with van der Waals surface area (Å²) in [5.74, 6) is -1.39. The SMILES string of the molecule is COC(=O)COc1cc(Oc2ccc(C(F)(F)F)cc2Cl)ccc1C(=O)OC. The van der Waals surface area contributed by atoms with Gasteiger partial charge in [0.15, 0.2) is 6.61 Å². The topological polar surface area (TPSA) is 71.1 Å². The quantitative estimate of drug-likeness (QED) is 0.644. The van der Waals surface area contributed by atoms with Crippen molar-refractivity contribution in [2.75, 3.05) is 20.8 Å². The Balaban J connectivity index is 2.31. The Morgan fingerprint density at radius 2 is 1.71 bits per heavy atom. The average molecular weight is 419 g/mol. The highest BCUT2D eigenvalue weighted by Crippen LogP contribution is 2.37. The van der Waals surface area contributed by atoms with E-state index in [1.54, 1.807) is 0 Å². The summed E-state index contributed by atoms with van der Waals surface area (Å²) in [6.07, 6.45) is -4.54. The Morgan fingerprint density at radius 3 is 2.29 bits per heavy atom. The molecule has 0 aromatic heterocycles. The zero-order valence-corrected chi connectivity index (χ0v) is 15.4. The number of rotatable bonds is 6. The van der Waals surface area contributed by atoms with Crippen LogP contribution >= 0.6 is 11.6 Å². The number of carbonyl (C=O) groups is 2. The minimum absolute atomic E-state index is 0.0114. The molecule has 2 aromatic carbocycles. The van der Waals surface area contributed by atoms with Gasteiger partial charge in [0.1, 0.15) is 22.8 Å². The predicted molar refractivity (Wildman–Crippen MR) is 91.8 cm³/mol. The summed E-state index contributed by atoms with van der Waals surface area (Å²) in [4.78, 5) is 23.1. The number of benzene rings is 2. The van der Waals surface area contributed by atoms with Crippen LogP contribution in [0.5, 0.6) is 17.2 Å². The molecule has 0 aliphatic rings.